The van der Waals surface area contributed by atoms with Crippen molar-refractivity contribution >= 4 is 39.3 Å². The van der Waals surface area contributed by atoms with Crippen LogP contribution < -0.4 is 10.0 Å². The Morgan fingerprint density at radius 2 is 1.77 bits per heavy atom. The number of benzene rings is 2. The molecule has 0 saturated heterocycles. The highest BCUT2D eigenvalue weighted by Crippen LogP contribution is 2.33. The molecule has 0 spiro atoms. The number of hydrogen-bond donors (Lipinski definition) is 2. The summed E-state index contributed by atoms with van der Waals surface area (Å²) >= 11 is 1.27. The van der Waals surface area contributed by atoms with Crippen LogP contribution in [0.25, 0.3) is 11.1 Å². The number of esters is 1. The molecule has 0 aliphatic rings. The highest BCUT2D eigenvalue weighted by molar-refractivity contribution is 7.92. The first-order valence-electron chi connectivity index (χ1n) is 14.6. The molecule has 1 amide bonds. The first-order valence-corrected chi connectivity index (χ1v) is 16.9. The van der Waals surface area contributed by atoms with Gasteiger partial charge in [-0.2, -0.15) is 4.37 Å². The van der Waals surface area contributed by atoms with Crippen LogP contribution in [0.5, 0.6) is 0 Å². The molecular formula is C32H43N3O6S2. The van der Waals surface area contributed by atoms with Gasteiger partial charge in [0.25, 0.3) is 10.0 Å². The van der Waals surface area contributed by atoms with Crippen molar-refractivity contribution in [3.8, 4) is 11.1 Å². The van der Waals surface area contributed by atoms with E-state index in [-0.39, 0.29) is 16.7 Å². The standard InChI is InChI=1S/C32H43N3O6S2/c1-7-41-20-25-19-24(13-9-8-10-16-29(36)33-30(21(2)3)32(37)40-6)17-18-26(25)27-14-11-12-15-28(27)43(38,39)35-31-22(4)23(5)42-34-31/h11-12,14-15,17-19,21,30H,7-10,13,16,20H2,1-6H3,(H,33,36)(H,34,35)/t30-/m0/s1. The van der Waals surface area contributed by atoms with Gasteiger partial charge in [-0.3, -0.25) is 9.52 Å². The number of nitrogens with one attached hydrogen (secondary N) is 2. The number of aryl methyl sites for hydroxylation is 2. The number of carbonyl (C=O) groups excluding carboxylic acids is 2. The van der Waals surface area contributed by atoms with E-state index in [0.717, 1.165) is 46.4 Å². The van der Waals surface area contributed by atoms with Crippen molar-refractivity contribution in [1.82, 2.24) is 9.69 Å². The first kappa shape index (κ1) is 34.2. The number of aromatic nitrogens is 1. The molecule has 11 heteroatoms. The van der Waals surface area contributed by atoms with Gasteiger partial charge in [0.1, 0.15) is 6.04 Å². The second kappa shape index (κ2) is 16.0. The molecular weight excluding hydrogens is 587 g/mol. The smallest absolute Gasteiger partial charge is 0.328 e. The number of amides is 1. The molecule has 1 aromatic heterocycles. The molecule has 2 aromatic carbocycles. The predicted molar refractivity (Wildman–Crippen MR) is 171 cm³/mol. The highest BCUT2D eigenvalue weighted by atomic mass is 32.2. The van der Waals surface area contributed by atoms with Crippen molar-refractivity contribution < 1.29 is 27.5 Å². The number of ether oxygens (including phenoxy) is 2. The third kappa shape index (κ3) is 9.35. The Kier molecular flexibility index (Phi) is 12.7. The topological polar surface area (TPSA) is 124 Å². The SMILES string of the molecule is CCOCc1cc(CCCCCC(=O)N[C@H](C(=O)OC)C(C)C)ccc1-c1ccccc1S(=O)(=O)Nc1nsc(C)c1C. The number of rotatable bonds is 16. The molecule has 0 fully saturated rings. The van der Waals surface area contributed by atoms with Crippen LogP contribution in [0, 0.1) is 19.8 Å². The summed E-state index contributed by atoms with van der Waals surface area (Å²) in [5.74, 6) is -0.297. The molecule has 3 rings (SSSR count). The number of sulfonamides is 1. The van der Waals surface area contributed by atoms with Crippen molar-refractivity contribution in [2.75, 3.05) is 18.4 Å². The molecule has 9 nitrogen and oxygen atoms in total. The van der Waals surface area contributed by atoms with Crippen LogP contribution in [0.4, 0.5) is 5.82 Å². The zero-order valence-electron chi connectivity index (χ0n) is 25.9. The Bertz CT molecular complexity index is 1500. The van der Waals surface area contributed by atoms with Crippen molar-refractivity contribution in [2.45, 2.75) is 84.3 Å². The fraction of sp³-hybridized carbons (Fsp3) is 0.469. The third-order valence-electron chi connectivity index (χ3n) is 7.29. The molecule has 0 aliphatic carbocycles. The Hall–Kier alpha value is -3.28. The van der Waals surface area contributed by atoms with Gasteiger partial charge >= 0.3 is 5.97 Å². The quantitative estimate of drug-likeness (QED) is 0.143. The summed E-state index contributed by atoms with van der Waals surface area (Å²) < 4.78 is 44.5. The fourth-order valence-corrected chi connectivity index (χ4v) is 6.67. The minimum absolute atomic E-state index is 0.0555. The van der Waals surface area contributed by atoms with Crippen LogP contribution in [0.15, 0.2) is 47.4 Å². The second-order valence-corrected chi connectivity index (χ2v) is 13.4. The van der Waals surface area contributed by atoms with E-state index < -0.39 is 22.0 Å². The Labute approximate surface area is 259 Å². The Balaban J connectivity index is 1.71. The minimum atomic E-state index is -3.90. The molecule has 0 unspecified atom stereocenters. The number of anilines is 1. The average molecular weight is 630 g/mol. The average Bonchev–Trinajstić information content (AvgIpc) is 3.29. The van der Waals surface area contributed by atoms with Crippen LogP contribution >= 0.6 is 11.5 Å². The maximum Gasteiger partial charge on any atom is 0.328 e. The monoisotopic (exact) mass is 629 g/mol. The van der Waals surface area contributed by atoms with Gasteiger partial charge in [-0.05, 0) is 80.2 Å². The summed E-state index contributed by atoms with van der Waals surface area (Å²) in [6, 6.07) is 12.4. The van der Waals surface area contributed by atoms with Gasteiger partial charge in [-0.15, -0.1) is 0 Å². The summed E-state index contributed by atoms with van der Waals surface area (Å²) in [6.07, 6.45) is 3.59. The number of hydrogen-bond acceptors (Lipinski definition) is 8. The number of unbranched alkanes of at least 4 members (excludes halogenated alkanes) is 2. The molecule has 0 bridgehead atoms. The van der Waals surface area contributed by atoms with Gasteiger partial charge < -0.3 is 14.8 Å². The Morgan fingerprint density at radius 1 is 1.02 bits per heavy atom. The Morgan fingerprint density at radius 3 is 2.42 bits per heavy atom. The van der Waals surface area contributed by atoms with E-state index in [2.05, 4.69) is 20.5 Å². The number of carbonyl (C=O) groups is 2. The maximum atomic E-state index is 13.5. The summed E-state index contributed by atoms with van der Waals surface area (Å²) in [6.45, 7) is 10.3. The van der Waals surface area contributed by atoms with Crippen molar-refractivity contribution in [1.29, 1.82) is 0 Å². The molecule has 1 atom stereocenters. The molecule has 0 saturated carbocycles. The summed E-state index contributed by atoms with van der Waals surface area (Å²) in [4.78, 5) is 25.4. The van der Waals surface area contributed by atoms with Crippen molar-refractivity contribution in [3.63, 3.8) is 0 Å². The summed E-state index contributed by atoms with van der Waals surface area (Å²) in [5.41, 5.74) is 4.23. The molecule has 0 radical (unpaired) electrons. The van der Waals surface area contributed by atoms with E-state index in [9.17, 15) is 18.0 Å². The third-order valence-corrected chi connectivity index (χ3v) is 9.54. The van der Waals surface area contributed by atoms with Gasteiger partial charge in [0.05, 0.1) is 18.6 Å². The van der Waals surface area contributed by atoms with E-state index in [1.165, 1.54) is 18.6 Å². The van der Waals surface area contributed by atoms with E-state index in [1.807, 2.05) is 58.9 Å². The van der Waals surface area contributed by atoms with Crippen LogP contribution in [-0.4, -0.2) is 44.4 Å². The van der Waals surface area contributed by atoms with Gasteiger partial charge in [-0.1, -0.05) is 56.7 Å². The van der Waals surface area contributed by atoms with Crippen LogP contribution in [0.2, 0.25) is 0 Å². The number of nitrogens with zero attached hydrogens (tertiary/aromatic N) is 1. The summed E-state index contributed by atoms with van der Waals surface area (Å²) in [7, 11) is -2.58. The fourth-order valence-electron chi connectivity index (χ4n) is 4.68. The van der Waals surface area contributed by atoms with Crippen LogP contribution in [0.3, 0.4) is 0 Å². The van der Waals surface area contributed by atoms with Gasteiger partial charge in [0.2, 0.25) is 5.91 Å². The van der Waals surface area contributed by atoms with Crippen molar-refractivity contribution in [2.24, 2.45) is 5.92 Å². The lowest BCUT2D eigenvalue weighted by Gasteiger charge is -2.19. The maximum absolute atomic E-state index is 13.5. The van der Waals surface area contributed by atoms with E-state index in [4.69, 9.17) is 9.47 Å². The second-order valence-electron chi connectivity index (χ2n) is 10.8. The predicted octanol–water partition coefficient (Wildman–Crippen LogP) is 6.18. The number of methoxy groups -OCH3 is 1. The van der Waals surface area contributed by atoms with Crippen LogP contribution in [-0.2, 0) is 42.1 Å². The van der Waals surface area contributed by atoms with E-state index in [1.54, 1.807) is 12.1 Å². The molecule has 1 heterocycles. The largest absolute Gasteiger partial charge is 0.467 e. The molecule has 0 aliphatic heterocycles. The van der Waals surface area contributed by atoms with Crippen molar-refractivity contribution in [3.05, 3.63) is 64.0 Å². The molecule has 43 heavy (non-hydrogen) atoms. The lowest BCUT2D eigenvalue weighted by Crippen LogP contribution is -2.44. The lowest BCUT2D eigenvalue weighted by molar-refractivity contribution is -0.146. The molecule has 3 aromatic rings. The zero-order valence-corrected chi connectivity index (χ0v) is 27.5. The highest BCUT2D eigenvalue weighted by Gasteiger charge is 2.25. The summed E-state index contributed by atoms with van der Waals surface area (Å²) in [5, 5.41) is 2.78. The lowest BCUT2D eigenvalue weighted by atomic mass is 9.95. The van der Waals surface area contributed by atoms with E-state index in [0.29, 0.717) is 37.4 Å². The zero-order chi connectivity index (χ0) is 31.6. The minimum Gasteiger partial charge on any atom is -0.467 e. The van der Waals surface area contributed by atoms with E-state index >= 15 is 0 Å². The molecule has 2 N–H and O–H groups in total. The molecule has 234 valence electrons. The van der Waals surface area contributed by atoms with Gasteiger partial charge in [0.15, 0.2) is 5.82 Å². The first-order chi connectivity index (χ1) is 20.5. The normalized spacial score (nSPS) is 12.3. The van der Waals surface area contributed by atoms with Gasteiger partial charge in [0, 0.05) is 29.0 Å². The van der Waals surface area contributed by atoms with Crippen LogP contribution in [0.1, 0.15) is 68.0 Å². The van der Waals surface area contributed by atoms with Gasteiger partial charge in [-0.25, -0.2) is 13.2 Å².